The molecule has 1 aromatic carbocycles. The van der Waals surface area contributed by atoms with Crippen molar-refractivity contribution < 1.29 is 9.13 Å². The number of halogens is 2. The Kier molecular flexibility index (Phi) is 3.95. The van der Waals surface area contributed by atoms with Gasteiger partial charge in [-0.1, -0.05) is 0 Å². The average Bonchev–Trinajstić information content (AvgIpc) is 2.31. The van der Waals surface area contributed by atoms with Gasteiger partial charge in [0.1, 0.15) is 5.82 Å². The van der Waals surface area contributed by atoms with E-state index in [0.717, 1.165) is 0 Å². The summed E-state index contributed by atoms with van der Waals surface area (Å²) < 4.78 is 18.6. The van der Waals surface area contributed by atoms with Crippen LogP contribution in [-0.2, 0) is 0 Å². The van der Waals surface area contributed by atoms with Crippen LogP contribution in [0.2, 0.25) is 5.28 Å². The highest BCUT2D eigenvalue weighted by Crippen LogP contribution is 2.21. The molecule has 2 aromatic rings. The third-order valence-electron chi connectivity index (χ3n) is 2.34. The van der Waals surface area contributed by atoms with E-state index >= 15 is 0 Å². The fourth-order valence-corrected chi connectivity index (χ4v) is 1.66. The van der Waals surface area contributed by atoms with Crippen LogP contribution in [0.15, 0.2) is 18.2 Å². The molecule has 1 aromatic heterocycles. The van der Waals surface area contributed by atoms with Crippen molar-refractivity contribution in [2.75, 3.05) is 0 Å². The predicted molar refractivity (Wildman–Crippen MR) is 70.7 cm³/mol. The number of rotatable bonds is 3. The van der Waals surface area contributed by atoms with Crippen LogP contribution in [0.5, 0.6) is 6.01 Å². The van der Waals surface area contributed by atoms with Crippen molar-refractivity contribution in [2.24, 2.45) is 0 Å². The van der Waals surface area contributed by atoms with Gasteiger partial charge < -0.3 is 4.74 Å². The number of nitrogens with zero attached hydrogens (tertiary/aromatic N) is 3. The summed E-state index contributed by atoms with van der Waals surface area (Å²) in [6.45, 7) is 5.39. The highest BCUT2D eigenvalue weighted by atomic mass is 35.5. The van der Waals surface area contributed by atoms with Gasteiger partial charge in [-0.3, -0.25) is 0 Å². The highest BCUT2D eigenvalue weighted by Gasteiger charge is 2.10. The first kappa shape index (κ1) is 13.7. The van der Waals surface area contributed by atoms with Crippen LogP contribution in [0.1, 0.15) is 19.4 Å². The van der Waals surface area contributed by atoms with E-state index in [1.165, 1.54) is 6.07 Å². The smallest absolute Gasteiger partial charge is 0.321 e. The summed E-state index contributed by atoms with van der Waals surface area (Å²) in [7, 11) is 0. The lowest BCUT2D eigenvalue weighted by atomic mass is 10.1. The normalized spacial score (nSPS) is 10.8. The zero-order valence-electron chi connectivity index (χ0n) is 10.8. The van der Waals surface area contributed by atoms with Crippen LogP contribution in [0.4, 0.5) is 4.39 Å². The van der Waals surface area contributed by atoms with Gasteiger partial charge >= 0.3 is 6.01 Å². The van der Waals surface area contributed by atoms with Gasteiger partial charge in [-0.2, -0.15) is 15.0 Å². The Hall–Kier alpha value is -1.75. The molecule has 0 saturated heterocycles. The monoisotopic (exact) mass is 281 g/mol. The Morgan fingerprint density at radius 3 is 2.58 bits per heavy atom. The first-order chi connectivity index (χ1) is 8.95. The first-order valence-electron chi connectivity index (χ1n) is 5.80. The number of hydrogen-bond acceptors (Lipinski definition) is 4. The molecule has 0 amide bonds. The fourth-order valence-electron chi connectivity index (χ4n) is 1.51. The van der Waals surface area contributed by atoms with Gasteiger partial charge in [0, 0.05) is 5.56 Å². The lowest BCUT2D eigenvalue weighted by Gasteiger charge is -2.09. The Bertz CT molecular complexity index is 604. The highest BCUT2D eigenvalue weighted by molar-refractivity contribution is 6.28. The molecular weight excluding hydrogens is 269 g/mol. The molecule has 0 aliphatic rings. The van der Waals surface area contributed by atoms with Crippen molar-refractivity contribution in [1.29, 1.82) is 0 Å². The van der Waals surface area contributed by atoms with E-state index < -0.39 is 0 Å². The maximum Gasteiger partial charge on any atom is 0.321 e. The van der Waals surface area contributed by atoms with Crippen molar-refractivity contribution in [3.8, 4) is 17.4 Å². The van der Waals surface area contributed by atoms with E-state index in [9.17, 15) is 4.39 Å². The number of aryl methyl sites for hydroxylation is 1. The van der Waals surface area contributed by atoms with Crippen LogP contribution in [0, 0.1) is 12.7 Å². The van der Waals surface area contributed by atoms with Crippen LogP contribution < -0.4 is 4.74 Å². The lowest BCUT2D eigenvalue weighted by Crippen LogP contribution is -2.09. The summed E-state index contributed by atoms with van der Waals surface area (Å²) in [5.41, 5.74) is 1.18. The largest absolute Gasteiger partial charge is 0.461 e. The molecule has 4 nitrogen and oxygen atoms in total. The summed E-state index contributed by atoms with van der Waals surface area (Å²) in [5.74, 6) is 0.0845. The Morgan fingerprint density at radius 1 is 1.21 bits per heavy atom. The second-order valence-electron chi connectivity index (χ2n) is 4.34. The van der Waals surface area contributed by atoms with Gasteiger partial charge in [0.05, 0.1) is 6.10 Å². The minimum atomic E-state index is -0.275. The van der Waals surface area contributed by atoms with Crippen molar-refractivity contribution in [1.82, 2.24) is 15.0 Å². The number of benzene rings is 1. The molecule has 0 unspecified atom stereocenters. The second-order valence-corrected chi connectivity index (χ2v) is 4.68. The minimum Gasteiger partial charge on any atom is -0.461 e. The van der Waals surface area contributed by atoms with E-state index in [1.54, 1.807) is 19.1 Å². The zero-order chi connectivity index (χ0) is 14.0. The van der Waals surface area contributed by atoms with Gasteiger partial charge in [0.25, 0.3) is 0 Å². The molecular formula is C13H13ClFN3O. The quantitative estimate of drug-likeness (QED) is 0.865. The Balaban J connectivity index is 2.43. The molecule has 0 saturated carbocycles. The lowest BCUT2D eigenvalue weighted by molar-refractivity contribution is 0.222. The van der Waals surface area contributed by atoms with Crippen LogP contribution in [-0.4, -0.2) is 21.1 Å². The zero-order valence-corrected chi connectivity index (χ0v) is 11.6. The molecule has 0 spiro atoms. The maximum atomic E-state index is 13.2. The van der Waals surface area contributed by atoms with E-state index in [0.29, 0.717) is 17.0 Å². The molecule has 1 heterocycles. The summed E-state index contributed by atoms with van der Waals surface area (Å²) in [6.07, 6.45) is -0.0683. The van der Waals surface area contributed by atoms with Gasteiger partial charge in [0.15, 0.2) is 5.82 Å². The minimum absolute atomic E-state index is 0.0441. The Labute approximate surface area is 115 Å². The van der Waals surface area contributed by atoms with Crippen molar-refractivity contribution in [3.05, 3.63) is 34.9 Å². The third kappa shape index (κ3) is 3.38. The third-order valence-corrected chi connectivity index (χ3v) is 2.51. The molecule has 0 radical (unpaired) electrons. The van der Waals surface area contributed by atoms with Crippen molar-refractivity contribution in [3.63, 3.8) is 0 Å². The van der Waals surface area contributed by atoms with Gasteiger partial charge in [0.2, 0.25) is 5.28 Å². The second kappa shape index (κ2) is 5.48. The number of hydrogen-bond donors (Lipinski definition) is 0. The number of aromatic nitrogens is 3. The molecule has 19 heavy (non-hydrogen) atoms. The van der Waals surface area contributed by atoms with Gasteiger partial charge in [-0.25, -0.2) is 4.39 Å². The topological polar surface area (TPSA) is 47.9 Å². The Morgan fingerprint density at radius 2 is 1.95 bits per heavy atom. The van der Waals surface area contributed by atoms with E-state index in [-0.39, 0.29) is 23.2 Å². The van der Waals surface area contributed by atoms with Gasteiger partial charge in [-0.05, 0) is 56.1 Å². The number of ether oxygens (including phenoxy) is 1. The standard InChI is InChI=1S/C13H13ClFN3O/c1-7(2)19-13-17-11(16-12(14)18-13)9-4-5-10(15)8(3)6-9/h4-7H,1-3H3. The molecule has 6 heteroatoms. The SMILES string of the molecule is Cc1cc(-c2nc(Cl)nc(OC(C)C)n2)ccc1F. The molecule has 0 aliphatic heterocycles. The predicted octanol–water partition coefficient (Wildman–Crippen LogP) is 3.43. The van der Waals surface area contributed by atoms with Crippen molar-refractivity contribution >= 4 is 11.6 Å². The summed E-state index contributed by atoms with van der Waals surface area (Å²) in [5, 5.41) is 0.0441. The molecule has 100 valence electrons. The molecule has 2 rings (SSSR count). The van der Waals surface area contributed by atoms with E-state index in [2.05, 4.69) is 15.0 Å². The molecule has 0 atom stereocenters. The fraction of sp³-hybridized carbons (Fsp3) is 0.308. The molecule has 0 fully saturated rings. The van der Waals surface area contributed by atoms with Crippen LogP contribution >= 0.6 is 11.6 Å². The van der Waals surface area contributed by atoms with Crippen molar-refractivity contribution in [2.45, 2.75) is 26.9 Å². The first-order valence-corrected chi connectivity index (χ1v) is 6.18. The van der Waals surface area contributed by atoms with E-state index in [1.807, 2.05) is 13.8 Å². The van der Waals surface area contributed by atoms with E-state index in [4.69, 9.17) is 16.3 Å². The average molecular weight is 282 g/mol. The maximum absolute atomic E-state index is 13.2. The summed E-state index contributed by atoms with van der Waals surface area (Å²) in [4.78, 5) is 12.1. The molecule has 0 aliphatic carbocycles. The summed E-state index contributed by atoms with van der Waals surface area (Å²) in [6, 6.07) is 4.77. The van der Waals surface area contributed by atoms with Crippen LogP contribution in [0.25, 0.3) is 11.4 Å². The molecule has 0 N–H and O–H groups in total. The van der Waals surface area contributed by atoms with Crippen LogP contribution in [0.3, 0.4) is 0 Å². The van der Waals surface area contributed by atoms with Gasteiger partial charge in [-0.15, -0.1) is 0 Å². The summed E-state index contributed by atoms with van der Waals surface area (Å²) >= 11 is 5.84. The molecule has 0 bridgehead atoms.